The zero-order valence-corrected chi connectivity index (χ0v) is 14.3. The van der Waals surface area contributed by atoms with Crippen molar-refractivity contribution in [3.8, 4) is 5.75 Å². The van der Waals surface area contributed by atoms with Crippen LogP contribution in [0.1, 0.15) is 46.8 Å². The minimum atomic E-state index is 0.0211. The van der Waals surface area contributed by atoms with Crippen LogP contribution in [0.4, 0.5) is 0 Å². The lowest BCUT2D eigenvalue weighted by Crippen LogP contribution is -2.26. The van der Waals surface area contributed by atoms with Crippen LogP contribution in [0.15, 0.2) is 55.1 Å². The minimum absolute atomic E-state index is 0.0211. The number of fused-ring (bicyclic) bond motifs is 1. The molecule has 0 spiro atoms. The van der Waals surface area contributed by atoms with E-state index in [1.807, 2.05) is 35.2 Å². The van der Waals surface area contributed by atoms with E-state index >= 15 is 0 Å². The summed E-state index contributed by atoms with van der Waals surface area (Å²) in [5.41, 5.74) is 4.22. The van der Waals surface area contributed by atoms with Crippen LogP contribution in [0.25, 0.3) is 0 Å². The van der Waals surface area contributed by atoms with Crippen LogP contribution in [0.5, 0.6) is 5.75 Å². The summed E-state index contributed by atoms with van der Waals surface area (Å²) in [6.07, 6.45) is 1.69. The fraction of sp³-hybridized carbons (Fsp3) is 0.286. The molecule has 1 aliphatic rings. The number of carbonyl (C=O) groups is 1. The van der Waals surface area contributed by atoms with Crippen molar-refractivity contribution in [2.24, 2.45) is 0 Å². The molecule has 3 rings (SSSR count). The van der Waals surface area contributed by atoms with Gasteiger partial charge in [0.25, 0.3) is 5.91 Å². The molecule has 0 unspecified atom stereocenters. The molecule has 1 amide bonds. The van der Waals surface area contributed by atoms with Crippen LogP contribution < -0.4 is 4.74 Å². The molecule has 3 nitrogen and oxygen atoms in total. The van der Waals surface area contributed by atoms with Gasteiger partial charge in [-0.05, 0) is 34.7 Å². The fourth-order valence-corrected chi connectivity index (χ4v) is 3.00. The van der Waals surface area contributed by atoms with Gasteiger partial charge in [0.15, 0.2) is 0 Å². The van der Waals surface area contributed by atoms with Crippen molar-refractivity contribution in [3.63, 3.8) is 0 Å². The molecule has 0 atom stereocenters. The predicted octanol–water partition coefficient (Wildman–Crippen LogP) is 4.53. The zero-order valence-electron chi connectivity index (χ0n) is 14.3. The Bertz CT molecular complexity index is 739. The molecule has 0 N–H and O–H groups in total. The first kappa shape index (κ1) is 16.3. The van der Waals surface area contributed by atoms with Gasteiger partial charge >= 0.3 is 0 Å². The predicted molar refractivity (Wildman–Crippen MR) is 96.2 cm³/mol. The molecule has 124 valence electrons. The molecular weight excluding hydrogens is 298 g/mol. The molecule has 1 aliphatic heterocycles. The Kier molecular flexibility index (Phi) is 4.70. The Morgan fingerprint density at radius 2 is 1.88 bits per heavy atom. The molecule has 0 saturated heterocycles. The molecule has 2 aromatic rings. The van der Waals surface area contributed by atoms with Gasteiger partial charge in [0.05, 0.1) is 5.56 Å². The summed E-state index contributed by atoms with van der Waals surface area (Å²) in [7, 11) is 0. The summed E-state index contributed by atoms with van der Waals surface area (Å²) in [5.74, 6) is 1.01. The van der Waals surface area contributed by atoms with Gasteiger partial charge in [0.1, 0.15) is 12.4 Å². The van der Waals surface area contributed by atoms with Gasteiger partial charge in [-0.25, -0.2) is 0 Å². The van der Waals surface area contributed by atoms with E-state index in [2.05, 4.69) is 32.6 Å². The van der Waals surface area contributed by atoms with Crippen LogP contribution in [0.3, 0.4) is 0 Å². The number of ether oxygens (including phenoxy) is 1. The Balaban J connectivity index is 1.90. The lowest BCUT2D eigenvalue weighted by molar-refractivity contribution is 0.0747. The van der Waals surface area contributed by atoms with E-state index in [1.165, 1.54) is 11.1 Å². The van der Waals surface area contributed by atoms with Gasteiger partial charge in [-0.1, -0.05) is 56.8 Å². The molecule has 0 saturated carbocycles. The molecule has 0 aliphatic carbocycles. The summed E-state index contributed by atoms with van der Waals surface area (Å²) in [6, 6.07) is 14.1. The van der Waals surface area contributed by atoms with E-state index in [1.54, 1.807) is 6.08 Å². The Morgan fingerprint density at radius 1 is 1.21 bits per heavy atom. The number of rotatable bonds is 5. The first-order valence-electron chi connectivity index (χ1n) is 8.34. The van der Waals surface area contributed by atoms with Crippen molar-refractivity contribution in [2.45, 2.75) is 32.9 Å². The lowest BCUT2D eigenvalue weighted by Gasteiger charge is -2.19. The first-order valence-corrected chi connectivity index (χ1v) is 8.34. The van der Waals surface area contributed by atoms with E-state index in [-0.39, 0.29) is 5.91 Å². The molecule has 0 bridgehead atoms. The highest BCUT2D eigenvalue weighted by Gasteiger charge is 2.26. The summed E-state index contributed by atoms with van der Waals surface area (Å²) >= 11 is 0. The third kappa shape index (κ3) is 3.21. The van der Waals surface area contributed by atoms with Crippen molar-refractivity contribution in [1.29, 1.82) is 0 Å². The van der Waals surface area contributed by atoms with Crippen molar-refractivity contribution in [1.82, 2.24) is 4.90 Å². The third-order valence-corrected chi connectivity index (χ3v) is 4.39. The van der Waals surface area contributed by atoms with Crippen molar-refractivity contribution in [2.75, 3.05) is 6.61 Å². The molecule has 0 aromatic heterocycles. The maximum Gasteiger partial charge on any atom is 0.258 e. The SMILES string of the molecule is C=CCOc1ccc(C(C)C)cc1C(=O)N1Cc2ccccc2C1. The van der Waals surface area contributed by atoms with Crippen molar-refractivity contribution in [3.05, 3.63) is 77.4 Å². The van der Waals surface area contributed by atoms with Crippen LogP contribution in [-0.2, 0) is 13.1 Å². The lowest BCUT2D eigenvalue weighted by atomic mass is 9.99. The average Bonchev–Trinajstić information content (AvgIpc) is 3.03. The summed E-state index contributed by atoms with van der Waals surface area (Å²) in [4.78, 5) is 15.0. The highest BCUT2D eigenvalue weighted by atomic mass is 16.5. The molecule has 2 aromatic carbocycles. The fourth-order valence-electron chi connectivity index (χ4n) is 3.00. The molecule has 0 fully saturated rings. The van der Waals surface area contributed by atoms with Gasteiger partial charge in [0.2, 0.25) is 0 Å². The number of nitrogens with zero attached hydrogens (tertiary/aromatic N) is 1. The van der Waals surface area contributed by atoms with Gasteiger partial charge < -0.3 is 9.64 Å². The summed E-state index contributed by atoms with van der Waals surface area (Å²) in [5, 5.41) is 0. The Hall–Kier alpha value is -2.55. The Morgan fingerprint density at radius 3 is 2.46 bits per heavy atom. The minimum Gasteiger partial charge on any atom is -0.489 e. The zero-order chi connectivity index (χ0) is 17.1. The summed E-state index contributed by atoms with van der Waals surface area (Å²) in [6.45, 7) is 9.63. The highest BCUT2D eigenvalue weighted by Crippen LogP contribution is 2.29. The maximum absolute atomic E-state index is 13.1. The normalized spacial score (nSPS) is 13.0. The monoisotopic (exact) mass is 321 g/mol. The topological polar surface area (TPSA) is 29.5 Å². The van der Waals surface area contributed by atoms with E-state index in [9.17, 15) is 4.79 Å². The summed E-state index contributed by atoms with van der Waals surface area (Å²) < 4.78 is 5.71. The molecule has 24 heavy (non-hydrogen) atoms. The van der Waals surface area contributed by atoms with Gasteiger partial charge in [-0.15, -0.1) is 0 Å². The second-order valence-corrected chi connectivity index (χ2v) is 6.44. The molecule has 1 heterocycles. The second-order valence-electron chi connectivity index (χ2n) is 6.44. The highest BCUT2D eigenvalue weighted by molar-refractivity contribution is 5.97. The smallest absolute Gasteiger partial charge is 0.258 e. The molecular formula is C21H23NO2. The van der Waals surface area contributed by atoms with Crippen molar-refractivity contribution >= 4 is 5.91 Å². The molecule has 3 heteroatoms. The maximum atomic E-state index is 13.1. The van der Waals surface area contributed by atoms with Gasteiger partial charge in [0, 0.05) is 13.1 Å². The van der Waals surface area contributed by atoms with Gasteiger partial charge in [-0.3, -0.25) is 4.79 Å². The van der Waals surface area contributed by atoms with E-state index in [4.69, 9.17) is 4.74 Å². The van der Waals surface area contributed by atoms with Crippen LogP contribution >= 0.6 is 0 Å². The van der Waals surface area contributed by atoms with Gasteiger partial charge in [-0.2, -0.15) is 0 Å². The van der Waals surface area contributed by atoms with Crippen LogP contribution in [0, 0.1) is 0 Å². The number of amides is 1. The van der Waals surface area contributed by atoms with E-state index < -0.39 is 0 Å². The van der Waals surface area contributed by atoms with Crippen LogP contribution in [-0.4, -0.2) is 17.4 Å². The first-order chi connectivity index (χ1) is 11.6. The van der Waals surface area contributed by atoms with Crippen LogP contribution in [0.2, 0.25) is 0 Å². The third-order valence-electron chi connectivity index (χ3n) is 4.39. The average molecular weight is 321 g/mol. The number of hydrogen-bond donors (Lipinski definition) is 0. The van der Waals surface area contributed by atoms with E-state index in [0.717, 1.165) is 5.56 Å². The number of benzene rings is 2. The number of hydrogen-bond acceptors (Lipinski definition) is 2. The van der Waals surface area contributed by atoms with Crippen molar-refractivity contribution < 1.29 is 9.53 Å². The molecule has 0 radical (unpaired) electrons. The standard InChI is InChI=1S/C21H23NO2/c1-4-11-24-20-10-9-16(15(2)3)12-19(20)21(23)22-13-17-7-5-6-8-18(17)14-22/h4-10,12,15H,1,11,13-14H2,2-3H3. The second kappa shape index (κ2) is 6.91. The number of carbonyl (C=O) groups excluding carboxylic acids is 1. The van der Waals surface area contributed by atoms with E-state index in [0.29, 0.717) is 36.9 Å². The Labute approximate surface area is 143 Å². The quantitative estimate of drug-likeness (QED) is 0.757. The largest absolute Gasteiger partial charge is 0.489 e.